The summed E-state index contributed by atoms with van der Waals surface area (Å²) in [6, 6.07) is 6.16. The summed E-state index contributed by atoms with van der Waals surface area (Å²) < 4.78 is 2.07. The molecule has 0 atom stereocenters. The van der Waals surface area contributed by atoms with Crippen molar-refractivity contribution in [2.75, 3.05) is 13.6 Å². The van der Waals surface area contributed by atoms with Crippen molar-refractivity contribution in [2.45, 2.75) is 19.9 Å². The van der Waals surface area contributed by atoms with Gasteiger partial charge in [0.15, 0.2) is 0 Å². The standard InChI is InChI=1S/C14H20N4/c1-12-5-4-6-13(16-12)11-17(2)9-7-14-15-8-10-18(14)3/h4-6,8,10H,7,9,11H2,1-3H3. The highest BCUT2D eigenvalue weighted by molar-refractivity contribution is 5.09. The second-order valence-electron chi connectivity index (χ2n) is 4.71. The Morgan fingerprint density at radius 1 is 1.33 bits per heavy atom. The lowest BCUT2D eigenvalue weighted by molar-refractivity contribution is 0.323. The minimum atomic E-state index is 0.881. The Morgan fingerprint density at radius 3 is 2.83 bits per heavy atom. The van der Waals surface area contributed by atoms with Gasteiger partial charge in [0.2, 0.25) is 0 Å². The zero-order chi connectivity index (χ0) is 13.0. The lowest BCUT2D eigenvalue weighted by Crippen LogP contribution is -2.22. The molecule has 0 aliphatic heterocycles. The number of likely N-dealkylation sites (N-methyl/N-ethyl adjacent to an activating group) is 1. The van der Waals surface area contributed by atoms with E-state index in [0.717, 1.165) is 36.7 Å². The first kappa shape index (κ1) is 12.8. The maximum atomic E-state index is 4.51. The van der Waals surface area contributed by atoms with E-state index in [4.69, 9.17) is 0 Å². The number of hydrogen-bond donors (Lipinski definition) is 0. The SMILES string of the molecule is Cc1cccc(CN(C)CCc2nccn2C)n1. The summed E-state index contributed by atoms with van der Waals surface area (Å²) in [7, 11) is 4.15. The van der Waals surface area contributed by atoms with E-state index < -0.39 is 0 Å². The first-order valence-electron chi connectivity index (χ1n) is 6.22. The molecule has 2 heterocycles. The minimum Gasteiger partial charge on any atom is -0.338 e. The smallest absolute Gasteiger partial charge is 0.109 e. The molecule has 0 spiro atoms. The second-order valence-corrected chi connectivity index (χ2v) is 4.71. The van der Waals surface area contributed by atoms with Crippen LogP contribution < -0.4 is 0 Å². The Kier molecular flexibility index (Phi) is 4.10. The van der Waals surface area contributed by atoms with E-state index in [0.29, 0.717) is 0 Å². The minimum absolute atomic E-state index is 0.881. The van der Waals surface area contributed by atoms with Crippen molar-refractivity contribution in [3.8, 4) is 0 Å². The summed E-state index contributed by atoms with van der Waals surface area (Å²) in [5.41, 5.74) is 2.20. The van der Waals surface area contributed by atoms with Crippen LogP contribution in [0.4, 0.5) is 0 Å². The van der Waals surface area contributed by atoms with Gasteiger partial charge in [-0.1, -0.05) is 6.07 Å². The van der Waals surface area contributed by atoms with Crippen LogP contribution in [0, 0.1) is 6.92 Å². The Balaban J connectivity index is 1.86. The third-order valence-corrected chi connectivity index (χ3v) is 3.02. The van der Waals surface area contributed by atoms with Crippen LogP contribution in [0.15, 0.2) is 30.6 Å². The van der Waals surface area contributed by atoms with Crippen LogP contribution in [-0.2, 0) is 20.0 Å². The van der Waals surface area contributed by atoms with Crippen LogP contribution in [0.5, 0.6) is 0 Å². The van der Waals surface area contributed by atoms with Gasteiger partial charge in [-0.05, 0) is 26.1 Å². The molecule has 0 saturated carbocycles. The van der Waals surface area contributed by atoms with Crippen molar-refractivity contribution >= 4 is 0 Å². The first-order chi connectivity index (χ1) is 8.65. The van der Waals surface area contributed by atoms with Crippen molar-refractivity contribution in [1.29, 1.82) is 0 Å². The normalized spacial score (nSPS) is 11.1. The third-order valence-electron chi connectivity index (χ3n) is 3.02. The van der Waals surface area contributed by atoms with Crippen molar-refractivity contribution in [1.82, 2.24) is 19.4 Å². The van der Waals surface area contributed by atoms with E-state index in [1.165, 1.54) is 0 Å². The summed E-state index contributed by atoms with van der Waals surface area (Å²) in [4.78, 5) is 11.1. The molecular formula is C14H20N4. The number of rotatable bonds is 5. The van der Waals surface area contributed by atoms with Gasteiger partial charge >= 0.3 is 0 Å². The van der Waals surface area contributed by atoms with Gasteiger partial charge in [-0.3, -0.25) is 4.98 Å². The van der Waals surface area contributed by atoms with Gasteiger partial charge in [-0.15, -0.1) is 0 Å². The molecule has 2 rings (SSSR count). The molecule has 4 heteroatoms. The lowest BCUT2D eigenvalue weighted by atomic mass is 10.3. The molecule has 0 amide bonds. The molecule has 2 aromatic heterocycles. The van der Waals surface area contributed by atoms with Crippen molar-refractivity contribution in [3.05, 3.63) is 47.8 Å². The number of nitrogens with zero attached hydrogens (tertiary/aromatic N) is 4. The summed E-state index contributed by atoms with van der Waals surface area (Å²) in [5.74, 6) is 1.12. The summed E-state index contributed by atoms with van der Waals surface area (Å²) in [5, 5.41) is 0. The average molecular weight is 244 g/mol. The molecule has 0 saturated heterocycles. The van der Waals surface area contributed by atoms with E-state index in [9.17, 15) is 0 Å². The predicted octanol–water partition coefficient (Wildman–Crippen LogP) is 1.80. The molecule has 96 valence electrons. The molecule has 0 radical (unpaired) electrons. The van der Waals surface area contributed by atoms with Gasteiger partial charge in [0, 0.05) is 44.6 Å². The molecule has 0 bridgehead atoms. The highest BCUT2D eigenvalue weighted by atomic mass is 15.1. The fourth-order valence-electron chi connectivity index (χ4n) is 1.97. The molecule has 0 fully saturated rings. The maximum Gasteiger partial charge on any atom is 0.109 e. The fraction of sp³-hybridized carbons (Fsp3) is 0.429. The van der Waals surface area contributed by atoms with E-state index in [1.807, 2.05) is 32.4 Å². The van der Waals surface area contributed by atoms with Crippen molar-refractivity contribution < 1.29 is 0 Å². The summed E-state index contributed by atoms with van der Waals surface area (Å²) in [6.07, 6.45) is 4.79. The number of hydrogen-bond acceptors (Lipinski definition) is 3. The Bertz CT molecular complexity index is 504. The van der Waals surface area contributed by atoms with Crippen LogP contribution in [0.25, 0.3) is 0 Å². The number of imidazole rings is 1. The number of aryl methyl sites for hydroxylation is 2. The summed E-state index contributed by atoms with van der Waals surface area (Å²) in [6.45, 7) is 3.89. The molecule has 0 aliphatic rings. The zero-order valence-electron chi connectivity index (χ0n) is 11.3. The molecule has 18 heavy (non-hydrogen) atoms. The molecule has 2 aromatic rings. The topological polar surface area (TPSA) is 34.0 Å². The third kappa shape index (κ3) is 3.40. The average Bonchev–Trinajstić information content (AvgIpc) is 2.72. The van der Waals surface area contributed by atoms with Gasteiger partial charge < -0.3 is 9.47 Å². The monoisotopic (exact) mass is 244 g/mol. The maximum absolute atomic E-state index is 4.51. The van der Waals surface area contributed by atoms with Crippen molar-refractivity contribution in [3.63, 3.8) is 0 Å². The number of pyridine rings is 1. The molecule has 0 unspecified atom stereocenters. The second kappa shape index (κ2) is 5.78. The van der Waals surface area contributed by atoms with Crippen LogP contribution in [0.1, 0.15) is 17.2 Å². The largest absolute Gasteiger partial charge is 0.338 e. The quantitative estimate of drug-likeness (QED) is 0.804. The van der Waals surface area contributed by atoms with Crippen LogP contribution in [0.2, 0.25) is 0 Å². The molecule has 0 N–H and O–H groups in total. The van der Waals surface area contributed by atoms with Crippen molar-refractivity contribution in [2.24, 2.45) is 7.05 Å². The number of aromatic nitrogens is 3. The van der Waals surface area contributed by atoms with E-state index >= 15 is 0 Å². The van der Waals surface area contributed by atoms with Gasteiger partial charge in [0.25, 0.3) is 0 Å². The lowest BCUT2D eigenvalue weighted by Gasteiger charge is -2.16. The van der Waals surface area contributed by atoms with Crippen LogP contribution in [-0.4, -0.2) is 33.0 Å². The summed E-state index contributed by atoms with van der Waals surface area (Å²) >= 11 is 0. The van der Waals surface area contributed by atoms with E-state index in [-0.39, 0.29) is 0 Å². The molecule has 0 aliphatic carbocycles. The molecule has 4 nitrogen and oxygen atoms in total. The molecule has 0 aromatic carbocycles. The first-order valence-corrected chi connectivity index (χ1v) is 6.22. The molecular weight excluding hydrogens is 224 g/mol. The van der Waals surface area contributed by atoms with Gasteiger partial charge in [0.05, 0.1) is 5.69 Å². The Labute approximate surface area is 108 Å². The zero-order valence-corrected chi connectivity index (χ0v) is 11.3. The van der Waals surface area contributed by atoms with Crippen LogP contribution in [0.3, 0.4) is 0 Å². The van der Waals surface area contributed by atoms with E-state index in [1.54, 1.807) is 0 Å². The van der Waals surface area contributed by atoms with Gasteiger partial charge in [-0.2, -0.15) is 0 Å². The Hall–Kier alpha value is -1.68. The highest BCUT2D eigenvalue weighted by Crippen LogP contribution is 2.03. The van der Waals surface area contributed by atoms with Crippen LogP contribution >= 0.6 is 0 Å². The predicted molar refractivity (Wildman–Crippen MR) is 72.2 cm³/mol. The van der Waals surface area contributed by atoms with E-state index in [2.05, 4.69) is 38.6 Å². The fourth-order valence-corrected chi connectivity index (χ4v) is 1.97. The van der Waals surface area contributed by atoms with Gasteiger partial charge in [-0.25, -0.2) is 4.98 Å². The Morgan fingerprint density at radius 2 is 2.17 bits per heavy atom. The van der Waals surface area contributed by atoms with Gasteiger partial charge in [0.1, 0.15) is 5.82 Å². The highest BCUT2D eigenvalue weighted by Gasteiger charge is 2.04.